The maximum Gasteiger partial charge on any atom is 0.342 e. The minimum Gasteiger partial charge on any atom is -0.507 e. The number of ether oxygens (including phenoxy) is 1. The lowest BCUT2D eigenvalue weighted by molar-refractivity contribution is 0.0374. The summed E-state index contributed by atoms with van der Waals surface area (Å²) < 4.78 is 4.92. The van der Waals surface area contributed by atoms with Crippen molar-refractivity contribution < 1.29 is 19.5 Å². The van der Waals surface area contributed by atoms with Crippen LogP contribution in [0.25, 0.3) is 0 Å². The van der Waals surface area contributed by atoms with Crippen LogP contribution in [0.2, 0.25) is 0 Å². The highest BCUT2D eigenvalue weighted by Gasteiger charge is 2.12. The average molecular weight is 251 g/mol. The van der Waals surface area contributed by atoms with Crippen LogP contribution >= 0.6 is 0 Å². The summed E-state index contributed by atoms with van der Waals surface area (Å²) in [5.41, 5.74) is 0.205. The van der Waals surface area contributed by atoms with Gasteiger partial charge in [0.25, 0.3) is 0 Å². The number of phenolic OH excluding ortho intramolecular Hbond substituents is 1. The van der Waals surface area contributed by atoms with E-state index in [0.717, 1.165) is 13.0 Å². The summed E-state index contributed by atoms with van der Waals surface area (Å²) in [5.74, 6) is -0.541. The summed E-state index contributed by atoms with van der Waals surface area (Å²) in [7, 11) is 0. The second-order valence-corrected chi connectivity index (χ2v) is 3.88. The third-order valence-electron chi connectivity index (χ3n) is 1.95. The summed E-state index contributed by atoms with van der Waals surface area (Å²) >= 11 is 0. The molecule has 1 aromatic carbocycles. The van der Waals surface area contributed by atoms with Gasteiger partial charge < -0.3 is 14.7 Å². The molecule has 0 fully saturated rings. The van der Waals surface area contributed by atoms with Crippen molar-refractivity contribution in [2.24, 2.45) is 5.16 Å². The Morgan fingerprint density at radius 1 is 1.44 bits per heavy atom. The van der Waals surface area contributed by atoms with Crippen molar-refractivity contribution in [2.45, 2.75) is 26.4 Å². The van der Waals surface area contributed by atoms with E-state index in [9.17, 15) is 9.90 Å². The Balaban J connectivity index is 0.000000269. The number of nitrogens with zero attached hydrogens (tertiary/aromatic N) is 1. The topological polar surface area (TPSA) is 68.1 Å². The lowest BCUT2D eigenvalue weighted by Crippen LogP contribution is -2.11. The maximum absolute atomic E-state index is 11.3. The Bertz CT molecular complexity index is 409. The van der Waals surface area contributed by atoms with Crippen LogP contribution in [0.5, 0.6) is 5.75 Å². The first-order valence-corrected chi connectivity index (χ1v) is 5.74. The number of hydrogen-bond donors (Lipinski definition) is 1. The first kappa shape index (κ1) is 14.0. The molecule has 0 radical (unpaired) electrons. The number of para-hydroxylation sites is 1. The molecule has 18 heavy (non-hydrogen) atoms. The van der Waals surface area contributed by atoms with Gasteiger partial charge >= 0.3 is 5.97 Å². The van der Waals surface area contributed by atoms with E-state index in [4.69, 9.17) is 4.74 Å². The van der Waals surface area contributed by atoms with Gasteiger partial charge in [-0.3, -0.25) is 0 Å². The fraction of sp³-hybridized carbons (Fsp3) is 0.385. The summed E-state index contributed by atoms with van der Waals surface area (Å²) in [5, 5.41) is 12.8. The predicted octanol–water partition coefficient (Wildman–Crippen LogP) is 2.35. The van der Waals surface area contributed by atoms with Crippen LogP contribution in [0, 0.1) is 0 Å². The summed E-state index contributed by atoms with van der Waals surface area (Å²) in [6.45, 7) is 4.30. The molecule has 0 saturated carbocycles. The summed E-state index contributed by atoms with van der Waals surface area (Å²) in [6.07, 6.45) is 2.58. The molecule has 98 valence electrons. The molecule has 1 heterocycles. The number of carbonyl (C=O) groups is 1. The zero-order valence-electron chi connectivity index (χ0n) is 10.5. The minimum absolute atomic E-state index is 0.0480. The predicted molar refractivity (Wildman–Crippen MR) is 67.7 cm³/mol. The van der Waals surface area contributed by atoms with Crippen molar-refractivity contribution >= 4 is 12.2 Å². The number of rotatable bonds is 2. The molecule has 0 atom stereocenters. The molecule has 0 bridgehead atoms. The molecular formula is C13H17NO4. The van der Waals surface area contributed by atoms with Crippen molar-refractivity contribution in [3.63, 3.8) is 0 Å². The van der Waals surface area contributed by atoms with Crippen LogP contribution < -0.4 is 0 Å². The Hall–Kier alpha value is -2.04. The monoisotopic (exact) mass is 251 g/mol. The van der Waals surface area contributed by atoms with Crippen molar-refractivity contribution in [2.75, 3.05) is 6.61 Å². The van der Waals surface area contributed by atoms with Crippen molar-refractivity contribution in [3.05, 3.63) is 29.8 Å². The highest BCUT2D eigenvalue weighted by Crippen LogP contribution is 2.16. The molecule has 0 aromatic heterocycles. The Kier molecular flexibility index (Phi) is 5.70. The Labute approximate surface area is 106 Å². The maximum atomic E-state index is 11.3. The van der Waals surface area contributed by atoms with Gasteiger partial charge in [0.2, 0.25) is 0 Å². The van der Waals surface area contributed by atoms with E-state index < -0.39 is 5.97 Å². The van der Waals surface area contributed by atoms with Crippen LogP contribution in [-0.2, 0) is 9.57 Å². The minimum atomic E-state index is -0.492. The molecule has 1 N–H and O–H groups in total. The van der Waals surface area contributed by atoms with Gasteiger partial charge in [0.1, 0.15) is 17.9 Å². The molecule has 1 aromatic rings. The largest absolute Gasteiger partial charge is 0.507 e. The number of esters is 1. The van der Waals surface area contributed by atoms with E-state index in [1.807, 2.05) is 0 Å². The molecule has 0 saturated heterocycles. The second kappa shape index (κ2) is 7.32. The third-order valence-corrected chi connectivity index (χ3v) is 1.95. The zero-order valence-corrected chi connectivity index (χ0v) is 10.5. The highest BCUT2D eigenvalue weighted by molar-refractivity contribution is 5.92. The molecule has 2 rings (SSSR count). The first-order valence-electron chi connectivity index (χ1n) is 5.74. The fourth-order valence-corrected chi connectivity index (χ4v) is 1.19. The number of carbonyl (C=O) groups excluding carboxylic acids is 1. The molecule has 5 heteroatoms. The van der Waals surface area contributed by atoms with Gasteiger partial charge in [0.15, 0.2) is 0 Å². The lowest BCUT2D eigenvalue weighted by Gasteiger charge is -2.08. The highest BCUT2D eigenvalue weighted by atomic mass is 16.6. The molecule has 0 aliphatic carbocycles. The number of oxime groups is 1. The van der Waals surface area contributed by atoms with Gasteiger partial charge in [-0.2, -0.15) is 0 Å². The van der Waals surface area contributed by atoms with Crippen LogP contribution in [0.1, 0.15) is 30.6 Å². The lowest BCUT2D eigenvalue weighted by atomic mass is 10.2. The van der Waals surface area contributed by atoms with Gasteiger partial charge in [-0.15, -0.1) is 0 Å². The van der Waals surface area contributed by atoms with E-state index >= 15 is 0 Å². The number of hydrogen-bond acceptors (Lipinski definition) is 5. The van der Waals surface area contributed by atoms with Gasteiger partial charge in [-0.25, -0.2) is 4.79 Å². The number of phenols is 1. The van der Waals surface area contributed by atoms with E-state index in [2.05, 4.69) is 9.99 Å². The summed E-state index contributed by atoms with van der Waals surface area (Å²) in [4.78, 5) is 15.8. The molecule has 0 unspecified atom stereocenters. The second-order valence-electron chi connectivity index (χ2n) is 3.88. The third kappa shape index (κ3) is 4.86. The quantitative estimate of drug-likeness (QED) is 0.819. The standard InChI is InChI=1S/C10H12O3.C3H5NO/c1-7(2)13-10(12)8-5-3-4-6-9(8)11;1-2-4-5-3-1/h3-7,11H,1-2H3;2H,1,3H2. The molecule has 5 nitrogen and oxygen atoms in total. The Morgan fingerprint density at radius 3 is 2.61 bits per heavy atom. The summed E-state index contributed by atoms with van der Waals surface area (Å²) in [6, 6.07) is 6.31. The molecule has 1 aliphatic heterocycles. The normalized spacial score (nSPS) is 12.6. The zero-order chi connectivity index (χ0) is 13.4. The van der Waals surface area contributed by atoms with Crippen LogP contribution in [0.15, 0.2) is 29.4 Å². The SMILES string of the molecule is C1=NOCC1.CC(C)OC(=O)c1ccccc1O. The number of aromatic hydroxyl groups is 1. The van der Waals surface area contributed by atoms with Gasteiger partial charge in [0.05, 0.1) is 6.10 Å². The fourth-order valence-electron chi connectivity index (χ4n) is 1.19. The van der Waals surface area contributed by atoms with Crippen LogP contribution in [0.3, 0.4) is 0 Å². The van der Waals surface area contributed by atoms with Crippen molar-refractivity contribution in [1.29, 1.82) is 0 Å². The first-order chi connectivity index (χ1) is 8.61. The number of benzene rings is 1. The van der Waals surface area contributed by atoms with E-state index in [0.29, 0.717) is 0 Å². The Morgan fingerprint density at radius 2 is 2.17 bits per heavy atom. The molecule has 0 amide bonds. The van der Waals surface area contributed by atoms with Crippen LogP contribution in [0.4, 0.5) is 0 Å². The average Bonchev–Trinajstić information content (AvgIpc) is 2.87. The van der Waals surface area contributed by atoms with Gasteiger partial charge in [-0.05, 0) is 26.0 Å². The van der Waals surface area contributed by atoms with Crippen LogP contribution in [-0.4, -0.2) is 30.0 Å². The molecule has 1 aliphatic rings. The van der Waals surface area contributed by atoms with E-state index in [-0.39, 0.29) is 17.4 Å². The van der Waals surface area contributed by atoms with E-state index in [1.165, 1.54) is 12.1 Å². The van der Waals surface area contributed by atoms with Crippen molar-refractivity contribution in [3.8, 4) is 5.75 Å². The van der Waals surface area contributed by atoms with Gasteiger partial charge in [-0.1, -0.05) is 17.3 Å². The smallest absolute Gasteiger partial charge is 0.342 e. The molecule has 0 spiro atoms. The van der Waals surface area contributed by atoms with Crippen molar-refractivity contribution in [1.82, 2.24) is 0 Å². The van der Waals surface area contributed by atoms with E-state index in [1.54, 1.807) is 32.2 Å². The van der Waals surface area contributed by atoms with Gasteiger partial charge in [0, 0.05) is 12.6 Å². The molecular weight excluding hydrogens is 234 g/mol.